The molecule has 0 radical (unpaired) electrons. The molecule has 0 saturated carbocycles. The standard InChI is InChI=1S/C18H18N8/c1-12-21-22-16-6-7-17(24-26(12)16)25-10-13(11-25)8-19-18-15-5-3-2-4-14(15)9-20-23-18/h2-7,9,13H,8,10-11H2,1H3,(H,19,23). The van der Waals surface area contributed by atoms with Crippen LogP contribution in [0.1, 0.15) is 5.82 Å². The Bertz CT molecular complexity index is 1080. The van der Waals surface area contributed by atoms with Crippen LogP contribution in [0.5, 0.6) is 0 Å². The summed E-state index contributed by atoms with van der Waals surface area (Å²) >= 11 is 0. The highest BCUT2D eigenvalue weighted by Gasteiger charge is 2.28. The second-order valence-corrected chi connectivity index (χ2v) is 6.64. The summed E-state index contributed by atoms with van der Waals surface area (Å²) in [5.74, 6) is 3.16. The predicted octanol–water partition coefficient (Wildman–Crippen LogP) is 1.92. The maximum atomic E-state index is 4.63. The van der Waals surface area contributed by atoms with Gasteiger partial charge in [0, 0.05) is 36.3 Å². The van der Waals surface area contributed by atoms with E-state index in [0.29, 0.717) is 5.92 Å². The molecular formula is C18H18N8. The number of rotatable bonds is 4. The van der Waals surface area contributed by atoms with E-state index < -0.39 is 0 Å². The molecule has 1 saturated heterocycles. The lowest BCUT2D eigenvalue weighted by atomic mass is 10.00. The summed E-state index contributed by atoms with van der Waals surface area (Å²) in [6.45, 7) is 4.70. The number of nitrogens with one attached hydrogen (secondary N) is 1. The van der Waals surface area contributed by atoms with Gasteiger partial charge in [-0.3, -0.25) is 0 Å². The van der Waals surface area contributed by atoms with Crippen LogP contribution in [0.2, 0.25) is 0 Å². The number of fused-ring (bicyclic) bond motifs is 2. The Balaban J connectivity index is 1.24. The zero-order valence-electron chi connectivity index (χ0n) is 14.4. The van der Waals surface area contributed by atoms with E-state index in [1.165, 1.54) is 0 Å². The molecule has 0 amide bonds. The van der Waals surface area contributed by atoms with Crippen molar-refractivity contribution in [3.05, 3.63) is 48.4 Å². The molecule has 0 aliphatic carbocycles. The number of aromatic nitrogens is 6. The van der Waals surface area contributed by atoms with Gasteiger partial charge < -0.3 is 10.2 Å². The molecule has 0 spiro atoms. The van der Waals surface area contributed by atoms with E-state index in [0.717, 1.165) is 53.5 Å². The fourth-order valence-corrected chi connectivity index (χ4v) is 3.34. The molecule has 0 atom stereocenters. The van der Waals surface area contributed by atoms with E-state index in [1.807, 2.05) is 31.2 Å². The normalized spacial score (nSPS) is 14.7. The van der Waals surface area contributed by atoms with Crippen LogP contribution in [0.3, 0.4) is 0 Å². The first-order chi connectivity index (χ1) is 12.8. The van der Waals surface area contributed by atoms with Crippen LogP contribution in [0.15, 0.2) is 42.6 Å². The molecule has 3 aromatic heterocycles. The molecule has 130 valence electrons. The minimum absolute atomic E-state index is 0.551. The van der Waals surface area contributed by atoms with Crippen molar-refractivity contribution in [1.29, 1.82) is 0 Å². The Labute approximate surface area is 149 Å². The van der Waals surface area contributed by atoms with Gasteiger partial charge in [0.05, 0.1) is 6.20 Å². The molecule has 0 unspecified atom stereocenters. The van der Waals surface area contributed by atoms with Crippen molar-refractivity contribution in [2.24, 2.45) is 5.92 Å². The van der Waals surface area contributed by atoms with Gasteiger partial charge in [-0.2, -0.15) is 9.61 Å². The van der Waals surface area contributed by atoms with Crippen LogP contribution in [-0.4, -0.2) is 49.6 Å². The predicted molar refractivity (Wildman–Crippen MR) is 99.2 cm³/mol. The average molecular weight is 346 g/mol. The Morgan fingerprint density at radius 3 is 2.88 bits per heavy atom. The van der Waals surface area contributed by atoms with Gasteiger partial charge in [0.1, 0.15) is 5.82 Å². The molecule has 5 rings (SSSR count). The first kappa shape index (κ1) is 15.0. The number of hydrogen-bond donors (Lipinski definition) is 1. The lowest BCUT2D eigenvalue weighted by molar-refractivity contribution is 0.424. The minimum Gasteiger partial charge on any atom is -0.368 e. The Kier molecular flexibility index (Phi) is 3.41. The average Bonchev–Trinajstić information content (AvgIpc) is 3.01. The van der Waals surface area contributed by atoms with E-state index in [2.05, 4.69) is 47.8 Å². The SMILES string of the molecule is Cc1nnc2ccc(N3CC(CNc4nncc5ccccc45)C3)nn12. The lowest BCUT2D eigenvalue weighted by Crippen LogP contribution is -2.50. The van der Waals surface area contributed by atoms with Gasteiger partial charge in [-0.05, 0) is 19.1 Å². The highest BCUT2D eigenvalue weighted by molar-refractivity contribution is 5.90. The van der Waals surface area contributed by atoms with Crippen LogP contribution in [0.4, 0.5) is 11.6 Å². The Morgan fingerprint density at radius 1 is 1.08 bits per heavy atom. The van der Waals surface area contributed by atoms with Gasteiger partial charge in [0.2, 0.25) is 0 Å². The molecule has 8 heteroatoms. The molecule has 1 aliphatic rings. The summed E-state index contributed by atoms with van der Waals surface area (Å²) in [6, 6.07) is 12.1. The van der Waals surface area contributed by atoms with Gasteiger partial charge in [-0.25, -0.2) is 0 Å². The summed E-state index contributed by atoms with van der Waals surface area (Å²) < 4.78 is 1.78. The summed E-state index contributed by atoms with van der Waals surface area (Å²) in [7, 11) is 0. The van der Waals surface area contributed by atoms with Crippen LogP contribution < -0.4 is 10.2 Å². The van der Waals surface area contributed by atoms with Gasteiger partial charge >= 0.3 is 0 Å². The number of anilines is 2. The molecule has 1 aliphatic heterocycles. The third-order valence-electron chi connectivity index (χ3n) is 4.81. The van der Waals surface area contributed by atoms with Gasteiger partial charge in [0.15, 0.2) is 17.3 Å². The number of benzene rings is 1. The zero-order chi connectivity index (χ0) is 17.5. The second kappa shape index (κ2) is 5.91. The van der Waals surface area contributed by atoms with Crippen LogP contribution in [0, 0.1) is 12.8 Å². The van der Waals surface area contributed by atoms with Crippen LogP contribution in [0.25, 0.3) is 16.4 Å². The molecule has 0 bridgehead atoms. The molecule has 1 N–H and O–H groups in total. The van der Waals surface area contributed by atoms with Crippen molar-refractivity contribution in [3.8, 4) is 0 Å². The summed E-state index contributed by atoms with van der Waals surface area (Å²) in [5.41, 5.74) is 0.777. The first-order valence-electron chi connectivity index (χ1n) is 8.66. The summed E-state index contributed by atoms with van der Waals surface area (Å²) in [4.78, 5) is 2.26. The lowest BCUT2D eigenvalue weighted by Gasteiger charge is -2.40. The van der Waals surface area contributed by atoms with Crippen molar-refractivity contribution < 1.29 is 0 Å². The van der Waals surface area contributed by atoms with Crippen molar-refractivity contribution in [2.75, 3.05) is 29.9 Å². The maximum Gasteiger partial charge on any atom is 0.178 e. The monoisotopic (exact) mass is 346 g/mol. The third-order valence-corrected chi connectivity index (χ3v) is 4.81. The molecule has 1 aromatic carbocycles. The fraction of sp³-hybridized carbons (Fsp3) is 0.278. The fourth-order valence-electron chi connectivity index (χ4n) is 3.34. The number of hydrogen-bond acceptors (Lipinski definition) is 7. The van der Waals surface area contributed by atoms with E-state index in [9.17, 15) is 0 Å². The summed E-state index contributed by atoms with van der Waals surface area (Å²) in [5, 5.41) is 26.7. The van der Waals surface area contributed by atoms with E-state index in [4.69, 9.17) is 0 Å². The van der Waals surface area contributed by atoms with Crippen molar-refractivity contribution in [3.63, 3.8) is 0 Å². The zero-order valence-corrected chi connectivity index (χ0v) is 14.4. The van der Waals surface area contributed by atoms with Gasteiger partial charge in [-0.1, -0.05) is 24.3 Å². The van der Waals surface area contributed by atoms with E-state index in [-0.39, 0.29) is 0 Å². The topological polar surface area (TPSA) is 84.1 Å². The number of aryl methyl sites for hydroxylation is 1. The molecule has 8 nitrogen and oxygen atoms in total. The molecule has 26 heavy (non-hydrogen) atoms. The van der Waals surface area contributed by atoms with Gasteiger partial charge in [0.25, 0.3) is 0 Å². The smallest absolute Gasteiger partial charge is 0.178 e. The number of nitrogens with zero attached hydrogens (tertiary/aromatic N) is 7. The first-order valence-corrected chi connectivity index (χ1v) is 8.66. The summed E-state index contributed by atoms with van der Waals surface area (Å²) in [6.07, 6.45) is 1.79. The molecule has 1 fully saturated rings. The highest BCUT2D eigenvalue weighted by atomic mass is 15.4. The van der Waals surface area contributed by atoms with E-state index in [1.54, 1.807) is 10.7 Å². The minimum atomic E-state index is 0.551. The quantitative estimate of drug-likeness (QED) is 0.604. The second-order valence-electron chi connectivity index (χ2n) is 6.64. The Hall–Kier alpha value is -3.29. The highest BCUT2D eigenvalue weighted by Crippen LogP contribution is 2.24. The molecule has 4 aromatic rings. The third kappa shape index (κ3) is 2.50. The van der Waals surface area contributed by atoms with Crippen LogP contribution >= 0.6 is 0 Å². The largest absolute Gasteiger partial charge is 0.368 e. The molecule has 4 heterocycles. The van der Waals surface area contributed by atoms with Crippen molar-refractivity contribution in [2.45, 2.75) is 6.92 Å². The van der Waals surface area contributed by atoms with E-state index >= 15 is 0 Å². The Morgan fingerprint density at radius 2 is 1.96 bits per heavy atom. The van der Waals surface area contributed by atoms with Crippen molar-refractivity contribution >= 4 is 28.1 Å². The van der Waals surface area contributed by atoms with Crippen molar-refractivity contribution in [1.82, 2.24) is 30.0 Å². The van der Waals surface area contributed by atoms with Crippen LogP contribution in [-0.2, 0) is 0 Å². The molecular weight excluding hydrogens is 328 g/mol. The van der Waals surface area contributed by atoms with Gasteiger partial charge in [-0.15, -0.1) is 20.4 Å². The maximum absolute atomic E-state index is 4.63.